The van der Waals surface area contributed by atoms with Crippen LogP contribution in [0.25, 0.3) is 0 Å². The maximum absolute atomic E-state index is 11.7. The summed E-state index contributed by atoms with van der Waals surface area (Å²) in [6.07, 6.45) is 0. The molecule has 7 nitrogen and oxygen atoms in total. The quantitative estimate of drug-likeness (QED) is 0.306. The summed E-state index contributed by atoms with van der Waals surface area (Å²) < 4.78 is 10.5. The largest absolute Gasteiger partial charge is 0.493 e. The molecule has 2 rings (SSSR count). The third-order valence-corrected chi connectivity index (χ3v) is 3.83. The summed E-state index contributed by atoms with van der Waals surface area (Å²) in [7, 11) is 3.16. The number of anilines is 2. The normalized spacial score (nSPS) is 10.8. The summed E-state index contributed by atoms with van der Waals surface area (Å²) in [6.45, 7) is 4.13. The first-order valence-electron chi connectivity index (χ1n) is 8.61. The van der Waals surface area contributed by atoms with Gasteiger partial charge in [-0.1, -0.05) is 26.0 Å². The van der Waals surface area contributed by atoms with E-state index in [0.29, 0.717) is 24.0 Å². The number of nitrogens with two attached hydrogens (primary N) is 1. The van der Waals surface area contributed by atoms with Crippen LogP contribution in [0.5, 0.6) is 11.5 Å². The van der Waals surface area contributed by atoms with Gasteiger partial charge in [-0.25, -0.2) is 4.99 Å². The molecule has 0 unspecified atom stereocenters. The standard InChI is InChI=1S/C20H26N4O3.HI/c1-13(2)19(25)23-15-7-5-14(6-8-15)12-22-20(21)24-16-9-10-17(26-3)18(11-16)27-4;/h5-11,13H,12H2,1-4H3,(H,23,25)(H3,21,22,24);1H. The molecule has 0 saturated heterocycles. The third kappa shape index (κ3) is 6.91. The minimum absolute atomic E-state index is 0. The summed E-state index contributed by atoms with van der Waals surface area (Å²) >= 11 is 0. The Labute approximate surface area is 182 Å². The Balaban J connectivity index is 0.00000392. The van der Waals surface area contributed by atoms with Crippen LogP contribution in [0.3, 0.4) is 0 Å². The van der Waals surface area contributed by atoms with Crippen molar-refractivity contribution in [1.82, 2.24) is 0 Å². The van der Waals surface area contributed by atoms with Gasteiger partial charge in [-0.2, -0.15) is 0 Å². The smallest absolute Gasteiger partial charge is 0.226 e. The molecule has 0 aliphatic rings. The molecule has 0 aliphatic carbocycles. The highest BCUT2D eigenvalue weighted by Gasteiger charge is 2.07. The average molecular weight is 498 g/mol. The van der Waals surface area contributed by atoms with Gasteiger partial charge in [0.15, 0.2) is 17.5 Å². The van der Waals surface area contributed by atoms with Crippen molar-refractivity contribution in [2.24, 2.45) is 16.6 Å². The van der Waals surface area contributed by atoms with Crippen molar-refractivity contribution >= 4 is 47.2 Å². The Kier molecular flexibility index (Phi) is 9.57. The molecule has 2 aromatic rings. The molecule has 0 spiro atoms. The molecule has 0 aliphatic heterocycles. The SMILES string of the molecule is COc1ccc(NC(N)=NCc2ccc(NC(=O)C(C)C)cc2)cc1OC.I. The number of methoxy groups -OCH3 is 2. The van der Waals surface area contributed by atoms with Gasteiger partial charge in [0.1, 0.15) is 0 Å². The Morgan fingerprint density at radius 3 is 2.18 bits per heavy atom. The highest BCUT2D eigenvalue weighted by Crippen LogP contribution is 2.29. The van der Waals surface area contributed by atoms with Gasteiger partial charge in [0.25, 0.3) is 0 Å². The maximum atomic E-state index is 11.7. The molecular weight excluding hydrogens is 471 g/mol. The second kappa shape index (κ2) is 11.4. The number of aliphatic imine (C=N–C) groups is 1. The maximum Gasteiger partial charge on any atom is 0.226 e. The lowest BCUT2D eigenvalue weighted by Gasteiger charge is -2.11. The van der Waals surface area contributed by atoms with Crippen molar-refractivity contribution in [3.8, 4) is 11.5 Å². The number of nitrogens with one attached hydrogen (secondary N) is 2. The van der Waals surface area contributed by atoms with Crippen molar-refractivity contribution in [3.63, 3.8) is 0 Å². The number of hydrogen-bond acceptors (Lipinski definition) is 4. The number of guanidine groups is 1. The van der Waals surface area contributed by atoms with Crippen LogP contribution in [0.4, 0.5) is 11.4 Å². The van der Waals surface area contributed by atoms with Crippen LogP contribution in [-0.2, 0) is 11.3 Å². The molecular formula is C20H27IN4O3. The Bertz CT molecular complexity index is 808. The number of carbonyl (C=O) groups is 1. The molecule has 1 amide bonds. The number of benzene rings is 2. The van der Waals surface area contributed by atoms with E-state index in [2.05, 4.69) is 15.6 Å². The van der Waals surface area contributed by atoms with Gasteiger partial charge in [-0.15, -0.1) is 24.0 Å². The van der Waals surface area contributed by atoms with E-state index in [1.165, 1.54) is 0 Å². The van der Waals surface area contributed by atoms with E-state index in [1.807, 2.05) is 44.2 Å². The zero-order valence-electron chi connectivity index (χ0n) is 16.5. The third-order valence-electron chi connectivity index (χ3n) is 3.83. The summed E-state index contributed by atoms with van der Waals surface area (Å²) in [5, 5.41) is 5.88. The Morgan fingerprint density at radius 2 is 1.61 bits per heavy atom. The number of nitrogens with zero attached hydrogens (tertiary/aromatic N) is 1. The van der Waals surface area contributed by atoms with Crippen molar-refractivity contribution in [3.05, 3.63) is 48.0 Å². The molecule has 0 saturated carbocycles. The van der Waals surface area contributed by atoms with Gasteiger partial charge in [0.2, 0.25) is 5.91 Å². The van der Waals surface area contributed by atoms with Gasteiger partial charge in [0.05, 0.1) is 20.8 Å². The predicted octanol–water partition coefficient (Wildman–Crippen LogP) is 3.84. The highest BCUT2D eigenvalue weighted by atomic mass is 127. The highest BCUT2D eigenvalue weighted by molar-refractivity contribution is 14.0. The molecule has 28 heavy (non-hydrogen) atoms. The van der Waals surface area contributed by atoms with Gasteiger partial charge >= 0.3 is 0 Å². The van der Waals surface area contributed by atoms with Crippen LogP contribution in [-0.4, -0.2) is 26.1 Å². The topological polar surface area (TPSA) is 98.0 Å². The summed E-state index contributed by atoms with van der Waals surface area (Å²) in [6, 6.07) is 12.9. The fourth-order valence-electron chi connectivity index (χ4n) is 2.26. The molecule has 2 aromatic carbocycles. The minimum Gasteiger partial charge on any atom is -0.493 e. The molecule has 4 N–H and O–H groups in total. The predicted molar refractivity (Wildman–Crippen MR) is 124 cm³/mol. The second-order valence-corrected chi connectivity index (χ2v) is 6.24. The van der Waals surface area contributed by atoms with Crippen LogP contribution < -0.4 is 25.8 Å². The summed E-state index contributed by atoms with van der Waals surface area (Å²) in [4.78, 5) is 16.0. The number of carbonyl (C=O) groups excluding carboxylic acids is 1. The fourth-order valence-corrected chi connectivity index (χ4v) is 2.26. The van der Waals surface area contributed by atoms with E-state index in [-0.39, 0.29) is 35.8 Å². The van der Waals surface area contributed by atoms with Crippen molar-refractivity contribution in [1.29, 1.82) is 0 Å². The van der Waals surface area contributed by atoms with E-state index in [4.69, 9.17) is 15.2 Å². The van der Waals surface area contributed by atoms with Crippen LogP contribution >= 0.6 is 24.0 Å². The summed E-state index contributed by atoms with van der Waals surface area (Å²) in [5.74, 6) is 1.47. The first kappa shape index (κ1) is 23.5. The van der Waals surface area contributed by atoms with Crippen molar-refractivity contribution in [2.75, 3.05) is 24.9 Å². The first-order valence-corrected chi connectivity index (χ1v) is 8.61. The van der Waals surface area contributed by atoms with Gasteiger partial charge in [-0.3, -0.25) is 4.79 Å². The number of hydrogen-bond donors (Lipinski definition) is 3. The molecule has 0 heterocycles. The monoisotopic (exact) mass is 498 g/mol. The number of amides is 1. The van der Waals surface area contributed by atoms with Gasteiger partial charge in [-0.05, 0) is 29.8 Å². The van der Waals surface area contributed by atoms with E-state index >= 15 is 0 Å². The van der Waals surface area contributed by atoms with Crippen molar-refractivity contribution < 1.29 is 14.3 Å². The van der Waals surface area contributed by atoms with Crippen LogP contribution in [0, 0.1) is 5.92 Å². The fraction of sp³-hybridized carbons (Fsp3) is 0.300. The lowest BCUT2D eigenvalue weighted by Crippen LogP contribution is -2.22. The zero-order valence-corrected chi connectivity index (χ0v) is 18.8. The zero-order chi connectivity index (χ0) is 19.8. The number of halogens is 1. The summed E-state index contributed by atoms with van der Waals surface area (Å²) in [5.41, 5.74) is 8.45. The van der Waals surface area contributed by atoms with E-state index in [1.54, 1.807) is 26.4 Å². The lowest BCUT2D eigenvalue weighted by molar-refractivity contribution is -0.118. The molecule has 0 radical (unpaired) electrons. The average Bonchev–Trinajstić information content (AvgIpc) is 2.67. The van der Waals surface area contributed by atoms with Crippen LogP contribution in [0.2, 0.25) is 0 Å². The Morgan fingerprint density at radius 1 is 1.00 bits per heavy atom. The number of ether oxygens (including phenoxy) is 2. The van der Waals surface area contributed by atoms with Gasteiger partial charge in [0, 0.05) is 23.4 Å². The van der Waals surface area contributed by atoms with Gasteiger partial charge < -0.3 is 25.8 Å². The minimum atomic E-state index is -0.0586. The first-order chi connectivity index (χ1) is 12.9. The Hall–Kier alpha value is -2.49. The van der Waals surface area contributed by atoms with E-state index in [0.717, 1.165) is 16.9 Å². The lowest BCUT2D eigenvalue weighted by atomic mass is 10.2. The number of rotatable bonds is 7. The molecule has 8 heteroatoms. The molecule has 0 atom stereocenters. The molecule has 152 valence electrons. The molecule has 0 fully saturated rings. The molecule has 0 bridgehead atoms. The molecule has 0 aromatic heterocycles. The van der Waals surface area contributed by atoms with Crippen LogP contribution in [0.1, 0.15) is 19.4 Å². The van der Waals surface area contributed by atoms with E-state index < -0.39 is 0 Å². The second-order valence-electron chi connectivity index (χ2n) is 6.24. The van der Waals surface area contributed by atoms with Crippen LogP contribution in [0.15, 0.2) is 47.5 Å². The van der Waals surface area contributed by atoms with Crippen molar-refractivity contribution in [2.45, 2.75) is 20.4 Å². The van der Waals surface area contributed by atoms with E-state index in [9.17, 15) is 4.79 Å².